The number of nitrogens with zero attached hydrogens (tertiary/aromatic N) is 5. The highest BCUT2D eigenvalue weighted by Crippen LogP contribution is 2.19. The molecule has 24 heavy (non-hydrogen) atoms. The summed E-state index contributed by atoms with van der Waals surface area (Å²) in [4.78, 5) is 11.0. The third kappa shape index (κ3) is 4.28. The minimum atomic E-state index is 0.558. The molecule has 1 N–H and O–H groups in total. The highest BCUT2D eigenvalue weighted by molar-refractivity contribution is 7.99. The van der Waals surface area contributed by atoms with Gasteiger partial charge in [0.2, 0.25) is 0 Å². The molecule has 0 saturated carbocycles. The van der Waals surface area contributed by atoms with Gasteiger partial charge in [-0.2, -0.15) is 5.26 Å². The number of piperidine rings is 1. The third-order valence-corrected chi connectivity index (χ3v) is 5.30. The Morgan fingerprint density at radius 1 is 1.33 bits per heavy atom. The fourth-order valence-electron chi connectivity index (χ4n) is 2.87. The van der Waals surface area contributed by atoms with E-state index in [1.54, 1.807) is 24.0 Å². The monoisotopic (exact) mass is 342 g/mol. The van der Waals surface area contributed by atoms with Crippen molar-refractivity contribution in [3.8, 4) is 6.07 Å². The predicted molar refractivity (Wildman–Crippen MR) is 96.1 cm³/mol. The van der Waals surface area contributed by atoms with Crippen molar-refractivity contribution in [2.75, 3.05) is 30.3 Å². The molecular formula is C17H22N6S. The minimum Gasteiger partial charge on any atom is -0.356 e. The molecule has 7 heteroatoms. The number of aromatic nitrogens is 3. The van der Waals surface area contributed by atoms with Crippen molar-refractivity contribution in [2.24, 2.45) is 7.05 Å². The van der Waals surface area contributed by atoms with Crippen molar-refractivity contribution < 1.29 is 0 Å². The number of aryl methyl sites for hydroxylation is 1. The molecule has 0 unspecified atom stereocenters. The quantitative estimate of drug-likeness (QED) is 0.640. The number of anilines is 1. The second kappa shape index (κ2) is 8.18. The highest BCUT2D eigenvalue weighted by Gasteiger charge is 2.19. The summed E-state index contributed by atoms with van der Waals surface area (Å²) < 4.78 is 2.05. The molecule has 6 nitrogen and oxygen atoms in total. The molecule has 0 atom stereocenters. The van der Waals surface area contributed by atoms with E-state index >= 15 is 0 Å². The minimum absolute atomic E-state index is 0.558. The van der Waals surface area contributed by atoms with E-state index in [1.807, 2.05) is 30.1 Å². The average molecular weight is 342 g/mol. The second-order valence-corrected chi connectivity index (χ2v) is 6.96. The number of hydrogen-bond acceptors (Lipinski definition) is 6. The van der Waals surface area contributed by atoms with Crippen LogP contribution in [0, 0.1) is 11.3 Å². The molecule has 0 aliphatic carbocycles. The van der Waals surface area contributed by atoms with Gasteiger partial charge < -0.3 is 14.8 Å². The number of nitriles is 1. The average Bonchev–Trinajstić information content (AvgIpc) is 3.04. The molecule has 0 spiro atoms. The number of nitrogens with one attached hydrogen (secondary N) is 1. The van der Waals surface area contributed by atoms with Crippen LogP contribution in [-0.4, -0.2) is 46.0 Å². The van der Waals surface area contributed by atoms with E-state index in [0.29, 0.717) is 11.6 Å². The molecule has 1 aliphatic rings. The molecule has 2 aromatic heterocycles. The van der Waals surface area contributed by atoms with Gasteiger partial charge in [-0.1, -0.05) is 11.8 Å². The molecule has 3 rings (SSSR count). The van der Waals surface area contributed by atoms with Gasteiger partial charge in [0.15, 0.2) is 5.16 Å². The summed E-state index contributed by atoms with van der Waals surface area (Å²) in [6.07, 6.45) is 7.73. The van der Waals surface area contributed by atoms with Gasteiger partial charge in [0.05, 0.1) is 11.6 Å². The third-order valence-electron chi connectivity index (χ3n) is 4.24. The summed E-state index contributed by atoms with van der Waals surface area (Å²) >= 11 is 1.78. The summed E-state index contributed by atoms with van der Waals surface area (Å²) in [5.74, 6) is 1.94. The Hall–Kier alpha value is -2.04. The summed E-state index contributed by atoms with van der Waals surface area (Å²) in [5.41, 5.74) is 0.673. The van der Waals surface area contributed by atoms with Crippen molar-refractivity contribution in [3.63, 3.8) is 0 Å². The molecular weight excluding hydrogens is 320 g/mol. The molecule has 2 aromatic rings. The molecule has 0 aromatic carbocycles. The van der Waals surface area contributed by atoms with E-state index in [-0.39, 0.29) is 0 Å². The maximum atomic E-state index is 8.99. The summed E-state index contributed by atoms with van der Waals surface area (Å²) in [5, 5.41) is 13.7. The highest BCUT2D eigenvalue weighted by atomic mass is 32.2. The lowest BCUT2D eigenvalue weighted by molar-refractivity contribution is 0.423. The molecule has 3 heterocycles. The number of rotatable bonds is 6. The molecule has 1 aliphatic heterocycles. The van der Waals surface area contributed by atoms with Crippen LogP contribution in [0.3, 0.4) is 0 Å². The lowest BCUT2D eigenvalue weighted by Crippen LogP contribution is -2.43. The van der Waals surface area contributed by atoms with Crippen LogP contribution in [0.2, 0.25) is 0 Å². The first-order valence-corrected chi connectivity index (χ1v) is 9.19. The van der Waals surface area contributed by atoms with E-state index in [0.717, 1.165) is 49.2 Å². The molecule has 0 amide bonds. The van der Waals surface area contributed by atoms with Gasteiger partial charge in [0, 0.05) is 57.1 Å². The van der Waals surface area contributed by atoms with Gasteiger partial charge in [-0.15, -0.1) is 0 Å². The normalized spacial score (nSPS) is 15.4. The molecule has 1 fully saturated rings. The van der Waals surface area contributed by atoms with Crippen LogP contribution in [0.1, 0.15) is 18.4 Å². The van der Waals surface area contributed by atoms with Gasteiger partial charge in [-0.05, 0) is 25.0 Å². The van der Waals surface area contributed by atoms with Crippen LogP contribution in [-0.2, 0) is 7.05 Å². The van der Waals surface area contributed by atoms with Crippen molar-refractivity contribution >= 4 is 17.6 Å². The Kier molecular flexibility index (Phi) is 5.72. The van der Waals surface area contributed by atoms with Crippen LogP contribution in [0.5, 0.6) is 0 Å². The summed E-state index contributed by atoms with van der Waals surface area (Å²) in [7, 11) is 2.02. The van der Waals surface area contributed by atoms with E-state index < -0.39 is 0 Å². The maximum absolute atomic E-state index is 8.99. The maximum Gasteiger partial charge on any atom is 0.167 e. The topological polar surface area (TPSA) is 69.8 Å². The van der Waals surface area contributed by atoms with Crippen LogP contribution < -0.4 is 10.2 Å². The molecule has 1 saturated heterocycles. The van der Waals surface area contributed by atoms with Crippen LogP contribution >= 0.6 is 11.8 Å². The van der Waals surface area contributed by atoms with Gasteiger partial charge in [-0.3, -0.25) is 0 Å². The molecule has 0 bridgehead atoms. The Morgan fingerprint density at radius 3 is 2.88 bits per heavy atom. The van der Waals surface area contributed by atoms with Crippen molar-refractivity contribution in [1.82, 2.24) is 19.9 Å². The summed E-state index contributed by atoms with van der Waals surface area (Å²) in [6, 6.07) is 6.35. The lowest BCUT2D eigenvalue weighted by Gasteiger charge is -2.33. The Morgan fingerprint density at radius 2 is 2.17 bits per heavy atom. The van der Waals surface area contributed by atoms with Gasteiger partial charge >= 0.3 is 0 Å². The Labute approximate surface area is 146 Å². The Balaban J connectivity index is 1.39. The molecule has 126 valence electrons. The molecule has 0 radical (unpaired) electrons. The number of pyridine rings is 1. The van der Waals surface area contributed by atoms with E-state index in [2.05, 4.69) is 26.3 Å². The van der Waals surface area contributed by atoms with E-state index in [1.165, 1.54) is 0 Å². The van der Waals surface area contributed by atoms with Crippen molar-refractivity contribution in [2.45, 2.75) is 24.0 Å². The fourth-order valence-corrected chi connectivity index (χ4v) is 3.67. The zero-order chi connectivity index (χ0) is 16.8. The first kappa shape index (κ1) is 16.8. The second-order valence-electron chi connectivity index (χ2n) is 5.90. The lowest BCUT2D eigenvalue weighted by atomic mass is 10.0. The zero-order valence-electron chi connectivity index (χ0n) is 13.9. The van der Waals surface area contributed by atoms with Crippen molar-refractivity contribution in [3.05, 3.63) is 36.3 Å². The van der Waals surface area contributed by atoms with Gasteiger partial charge in [0.1, 0.15) is 5.82 Å². The first-order valence-electron chi connectivity index (χ1n) is 8.21. The standard InChI is InChI=1S/C17H22N6S/c1-22-10-6-21-17(22)24-11-7-19-15-3-8-23(9-4-15)16-12-14(13-18)2-5-20-16/h2,5-6,10,12,15,19H,3-4,7-9,11H2,1H3. The van der Waals surface area contributed by atoms with Gasteiger partial charge in [-0.25, -0.2) is 9.97 Å². The van der Waals surface area contributed by atoms with E-state index in [4.69, 9.17) is 5.26 Å². The number of hydrogen-bond donors (Lipinski definition) is 1. The predicted octanol–water partition coefficient (Wildman–Crippen LogP) is 2.04. The first-order chi connectivity index (χ1) is 11.8. The zero-order valence-corrected chi connectivity index (χ0v) is 14.7. The fraction of sp³-hybridized carbons (Fsp3) is 0.471. The van der Waals surface area contributed by atoms with Crippen LogP contribution in [0.25, 0.3) is 0 Å². The van der Waals surface area contributed by atoms with E-state index in [9.17, 15) is 0 Å². The van der Waals surface area contributed by atoms with Gasteiger partial charge in [0.25, 0.3) is 0 Å². The summed E-state index contributed by atoms with van der Waals surface area (Å²) in [6.45, 7) is 2.95. The number of imidazole rings is 1. The smallest absolute Gasteiger partial charge is 0.167 e. The van der Waals surface area contributed by atoms with Crippen molar-refractivity contribution in [1.29, 1.82) is 5.26 Å². The largest absolute Gasteiger partial charge is 0.356 e. The van der Waals surface area contributed by atoms with Crippen LogP contribution in [0.4, 0.5) is 5.82 Å². The number of thioether (sulfide) groups is 1. The SMILES string of the molecule is Cn1ccnc1SCCNC1CCN(c2cc(C#N)ccn2)CC1. The Bertz CT molecular complexity index is 699. The van der Waals surface area contributed by atoms with Crippen LogP contribution in [0.15, 0.2) is 35.9 Å².